The number of unbranched alkanes of at least 4 members (excludes halogenated alkanes) is 5. The van der Waals surface area contributed by atoms with Gasteiger partial charge in [-0.25, -0.2) is 0 Å². The summed E-state index contributed by atoms with van der Waals surface area (Å²) in [5.41, 5.74) is 4.14. The topological polar surface area (TPSA) is 55.8 Å². The maximum absolute atomic E-state index is 10.8. The molecule has 0 saturated carbocycles. The summed E-state index contributed by atoms with van der Waals surface area (Å²) < 4.78 is 12.4. The van der Waals surface area contributed by atoms with E-state index >= 15 is 0 Å². The van der Waals surface area contributed by atoms with Crippen LogP contribution in [-0.4, -0.2) is 23.3 Å². The molecule has 1 aliphatic heterocycles. The standard InChI is InChI=1S/C25H38O4/c1-6-7-8-9-10-11-12-15-25(5)16-13-21-20(4)23(28-17-14-22(26)27)18(2)19(3)24(21)29-25/h12,15H,6-11,13-14,16-17H2,1-5H3,(H,26,27)/b15-12+. The molecule has 4 nitrogen and oxygen atoms in total. The summed E-state index contributed by atoms with van der Waals surface area (Å²) in [4.78, 5) is 10.8. The normalized spacial score (nSPS) is 18.5. The van der Waals surface area contributed by atoms with E-state index in [-0.39, 0.29) is 18.6 Å². The number of benzene rings is 1. The SMILES string of the molecule is CCCCCCC/C=C/C1(C)CCc2c(C)c(OCCC(=O)O)c(C)c(C)c2O1. The predicted octanol–water partition coefficient (Wildman–Crippen LogP) is 6.47. The highest BCUT2D eigenvalue weighted by Gasteiger charge is 2.32. The van der Waals surface area contributed by atoms with Crippen LogP contribution in [0.25, 0.3) is 0 Å². The van der Waals surface area contributed by atoms with Gasteiger partial charge in [-0.2, -0.15) is 0 Å². The number of carboxylic acids is 1. The molecule has 0 amide bonds. The van der Waals surface area contributed by atoms with Gasteiger partial charge in [0.15, 0.2) is 0 Å². The van der Waals surface area contributed by atoms with E-state index in [1.54, 1.807) is 0 Å². The van der Waals surface area contributed by atoms with Crippen LogP contribution in [0.3, 0.4) is 0 Å². The van der Waals surface area contributed by atoms with E-state index in [1.165, 1.54) is 37.7 Å². The minimum atomic E-state index is -0.841. The van der Waals surface area contributed by atoms with Crippen molar-refractivity contribution in [3.63, 3.8) is 0 Å². The number of carbonyl (C=O) groups is 1. The van der Waals surface area contributed by atoms with E-state index in [1.807, 2.05) is 6.92 Å². The van der Waals surface area contributed by atoms with Crippen LogP contribution in [0, 0.1) is 20.8 Å². The van der Waals surface area contributed by atoms with Crippen molar-refractivity contribution >= 4 is 5.97 Å². The zero-order chi connectivity index (χ0) is 21.4. The monoisotopic (exact) mass is 402 g/mol. The van der Waals surface area contributed by atoms with Gasteiger partial charge in [-0.1, -0.05) is 38.7 Å². The first-order chi connectivity index (χ1) is 13.8. The summed E-state index contributed by atoms with van der Waals surface area (Å²) in [6, 6.07) is 0. The Morgan fingerprint density at radius 3 is 2.55 bits per heavy atom. The molecule has 2 rings (SSSR count). The van der Waals surface area contributed by atoms with Gasteiger partial charge in [0, 0.05) is 5.56 Å². The molecule has 0 aliphatic carbocycles. The molecule has 1 N–H and O–H groups in total. The fourth-order valence-corrected chi connectivity index (χ4v) is 4.02. The highest BCUT2D eigenvalue weighted by Crippen LogP contribution is 2.44. The van der Waals surface area contributed by atoms with E-state index in [0.717, 1.165) is 47.5 Å². The maximum atomic E-state index is 10.8. The van der Waals surface area contributed by atoms with Crippen molar-refractivity contribution in [2.24, 2.45) is 0 Å². The van der Waals surface area contributed by atoms with Crippen molar-refractivity contribution in [1.82, 2.24) is 0 Å². The van der Waals surface area contributed by atoms with Crippen LogP contribution in [0.1, 0.15) is 87.5 Å². The Hall–Kier alpha value is -1.97. The van der Waals surface area contributed by atoms with E-state index < -0.39 is 5.97 Å². The molecule has 1 atom stereocenters. The van der Waals surface area contributed by atoms with Gasteiger partial charge in [-0.3, -0.25) is 4.79 Å². The molecule has 0 radical (unpaired) electrons. The molecular formula is C25H38O4. The van der Waals surface area contributed by atoms with Gasteiger partial charge < -0.3 is 14.6 Å². The molecule has 1 heterocycles. The first-order valence-corrected chi connectivity index (χ1v) is 11.1. The van der Waals surface area contributed by atoms with Gasteiger partial charge in [0.2, 0.25) is 0 Å². The Morgan fingerprint density at radius 2 is 1.86 bits per heavy atom. The molecule has 4 heteroatoms. The van der Waals surface area contributed by atoms with Crippen molar-refractivity contribution in [1.29, 1.82) is 0 Å². The number of rotatable bonds is 11. The number of allylic oxidation sites excluding steroid dienone is 1. The molecule has 1 aliphatic rings. The second-order valence-electron chi connectivity index (χ2n) is 8.52. The Bertz CT molecular complexity index is 735. The van der Waals surface area contributed by atoms with E-state index in [9.17, 15) is 4.79 Å². The van der Waals surface area contributed by atoms with Gasteiger partial charge in [0.05, 0.1) is 13.0 Å². The van der Waals surface area contributed by atoms with Gasteiger partial charge in [0.1, 0.15) is 17.1 Å². The number of hydrogen-bond donors (Lipinski definition) is 1. The summed E-state index contributed by atoms with van der Waals surface area (Å²) in [5.74, 6) is 0.954. The second kappa shape index (κ2) is 10.7. The van der Waals surface area contributed by atoms with Crippen molar-refractivity contribution in [3.8, 4) is 11.5 Å². The number of aliphatic carboxylic acids is 1. The highest BCUT2D eigenvalue weighted by atomic mass is 16.5. The lowest BCUT2D eigenvalue weighted by Gasteiger charge is -2.36. The molecule has 1 aromatic carbocycles. The molecule has 0 aromatic heterocycles. The van der Waals surface area contributed by atoms with Crippen LogP contribution < -0.4 is 9.47 Å². The number of hydrogen-bond acceptors (Lipinski definition) is 3. The number of fused-ring (bicyclic) bond motifs is 1. The fourth-order valence-electron chi connectivity index (χ4n) is 4.02. The Kier molecular flexibility index (Phi) is 8.60. The predicted molar refractivity (Wildman–Crippen MR) is 118 cm³/mol. The first kappa shape index (κ1) is 23.3. The maximum Gasteiger partial charge on any atom is 0.306 e. The summed E-state index contributed by atoms with van der Waals surface area (Å²) in [6.07, 6.45) is 14.0. The third kappa shape index (κ3) is 6.25. The van der Waals surface area contributed by atoms with Crippen molar-refractivity contribution in [2.75, 3.05) is 6.61 Å². The summed E-state index contributed by atoms with van der Waals surface area (Å²) in [6.45, 7) is 10.8. The molecular weight excluding hydrogens is 364 g/mol. The quantitative estimate of drug-likeness (QED) is 0.341. The van der Waals surface area contributed by atoms with Gasteiger partial charge in [-0.15, -0.1) is 0 Å². The lowest BCUT2D eigenvalue weighted by molar-refractivity contribution is -0.137. The van der Waals surface area contributed by atoms with Crippen LogP contribution in [-0.2, 0) is 11.2 Å². The second-order valence-corrected chi connectivity index (χ2v) is 8.52. The Morgan fingerprint density at radius 1 is 1.14 bits per heavy atom. The zero-order valence-electron chi connectivity index (χ0n) is 18.9. The fraction of sp³-hybridized carbons (Fsp3) is 0.640. The van der Waals surface area contributed by atoms with Crippen LogP contribution in [0.15, 0.2) is 12.2 Å². The van der Waals surface area contributed by atoms with Gasteiger partial charge >= 0.3 is 5.97 Å². The average molecular weight is 403 g/mol. The average Bonchev–Trinajstić information content (AvgIpc) is 2.68. The van der Waals surface area contributed by atoms with E-state index in [4.69, 9.17) is 14.6 Å². The van der Waals surface area contributed by atoms with E-state index in [2.05, 4.69) is 39.8 Å². The third-order valence-corrected chi connectivity index (χ3v) is 6.02. The van der Waals surface area contributed by atoms with Gasteiger partial charge in [-0.05, 0) is 76.1 Å². The summed E-state index contributed by atoms with van der Waals surface area (Å²) >= 11 is 0. The molecule has 0 fully saturated rings. The lowest BCUT2D eigenvalue weighted by atomic mass is 9.86. The molecule has 29 heavy (non-hydrogen) atoms. The number of ether oxygens (including phenoxy) is 2. The molecule has 0 saturated heterocycles. The zero-order valence-corrected chi connectivity index (χ0v) is 18.9. The minimum absolute atomic E-state index is 0.00677. The third-order valence-electron chi connectivity index (χ3n) is 6.02. The van der Waals surface area contributed by atoms with Crippen LogP contribution in [0.2, 0.25) is 0 Å². The van der Waals surface area contributed by atoms with Crippen molar-refractivity contribution in [3.05, 3.63) is 34.4 Å². The number of carboxylic acid groups (broad SMARTS) is 1. The molecule has 0 spiro atoms. The molecule has 1 unspecified atom stereocenters. The largest absolute Gasteiger partial charge is 0.492 e. The molecule has 0 bridgehead atoms. The lowest BCUT2D eigenvalue weighted by Crippen LogP contribution is -2.35. The van der Waals surface area contributed by atoms with E-state index in [0.29, 0.717) is 0 Å². The van der Waals surface area contributed by atoms with Gasteiger partial charge in [0.25, 0.3) is 0 Å². The van der Waals surface area contributed by atoms with Crippen LogP contribution >= 0.6 is 0 Å². The molecule has 162 valence electrons. The summed E-state index contributed by atoms with van der Waals surface area (Å²) in [5, 5.41) is 8.87. The Balaban J connectivity index is 2.08. The summed E-state index contributed by atoms with van der Waals surface area (Å²) in [7, 11) is 0. The van der Waals surface area contributed by atoms with Crippen molar-refractivity contribution < 1.29 is 19.4 Å². The smallest absolute Gasteiger partial charge is 0.306 e. The van der Waals surface area contributed by atoms with Crippen LogP contribution in [0.5, 0.6) is 11.5 Å². The first-order valence-electron chi connectivity index (χ1n) is 11.1. The highest BCUT2D eigenvalue weighted by molar-refractivity contribution is 5.67. The molecule has 1 aromatic rings. The Labute approximate surface area is 176 Å². The minimum Gasteiger partial charge on any atom is -0.492 e. The van der Waals surface area contributed by atoms with Crippen LogP contribution in [0.4, 0.5) is 0 Å². The van der Waals surface area contributed by atoms with Crippen molar-refractivity contribution in [2.45, 2.75) is 98.0 Å².